The fourth-order valence-corrected chi connectivity index (χ4v) is 3.36. The number of nitrogen functional groups attached to an aromatic ring is 1. The van der Waals surface area contributed by atoms with Crippen molar-refractivity contribution in [3.05, 3.63) is 42.4 Å². The molecule has 0 spiro atoms. The van der Waals surface area contributed by atoms with Gasteiger partial charge >= 0.3 is 0 Å². The van der Waals surface area contributed by atoms with Gasteiger partial charge < -0.3 is 16.0 Å². The Morgan fingerprint density at radius 3 is 2.39 bits per heavy atom. The Balaban J connectivity index is 1.97. The maximum Gasteiger partial charge on any atom is 0.159 e. The first-order valence-electron chi connectivity index (χ1n) is 9.84. The third-order valence-corrected chi connectivity index (χ3v) is 4.46. The van der Waals surface area contributed by atoms with Crippen LogP contribution in [0.3, 0.4) is 0 Å². The number of pyridine rings is 1. The van der Waals surface area contributed by atoms with Crippen molar-refractivity contribution >= 4 is 33.9 Å². The predicted molar refractivity (Wildman–Crippen MR) is 118 cm³/mol. The number of hydrogen-bond acceptors (Lipinski definition) is 6. The highest BCUT2D eigenvalue weighted by Crippen LogP contribution is 2.32. The van der Waals surface area contributed by atoms with Crippen molar-refractivity contribution in [2.45, 2.75) is 34.6 Å². The van der Waals surface area contributed by atoms with Gasteiger partial charge in [-0.3, -0.25) is 4.98 Å². The summed E-state index contributed by atoms with van der Waals surface area (Å²) in [6.45, 7) is 12.6. The lowest BCUT2D eigenvalue weighted by Gasteiger charge is -2.28. The summed E-state index contributed by atoms with van der Waals surface area (Å²) in [6.07, 6.45) is 1.58. The standard InChI is InChI=1S/C22H30N6/c1-14(2)11-28(12-15(3)4)22-20(23)21(24-13-25-22)27-19-8-6-7-18-17(19)10-9-16(5)26-18/h6-10,13-15H,11-12,23H2,1-5H3,(H,24,25,27). The predicted octanol–water partition coefficient (Wildman–Crippen LogP) is 4.78. The second-order valence-corrected chi connectivity index (χ2v) is 8.10. The Morgan fingerprint density at radius 1 is 1.00 bits per heavy atom. The molecule has 3 aromatic rings. The van der Waals surface area contributed by atoms with Gasteiger partial charge in [-0.05, 0) is 43.0 Å². The van der Waals surface area contributed by atoms with E-state index in [9.17, 15) is 0 Å². The summed E-state index contributed by atoms with van der Waals surface area (Å²) >= 11 is 0. The Kier molecular flexibility index (Phi) is 5.97. The highest BCUT2D eigenvalue weighted by Gasteiger charge is 2.18. The third-order valence-electron chi connectivity index (χ3n) is 4.46. The van der Waals surface area contributed by atoms with E-state index in [-0.39, 0.29) is 0 Å². The summed E-state index contributed by atoms with van der Waals surface area (Å²) in [7, 11) is 0. The van der Waals surface area contributed by atoms with Crippen molar-refractivity contribution in [1.29, 1.82) is 0 Å². The van der Waals surface area contributed by atoms with Gasteiger partial charge in [0, 0.05) is 29.9 Å². The van der Waals surface area contributed by atoms with Crippen LogP contribution < -0.4 is 16.0 Å². The lowest BCUT2D eigenvalue weighted by molar-refractivity contribution is 0.549. The number of fused-ring (bicyclic) bond motifs is 1. The van der Waals surface area contributed by atoms with Crippen LogP contribution >= 0.6 is 0 Å². The van der Waals surface area contributed by atoms with Crippen molar-refractivity contribution in [3.8, 4) is 0 Å². The fourth-order valence-electron chi connectivity index (χ4n) is 3.36. The van der Waals surface area contributed by atoms with Crippen LogP contribution in [-0.2, 0) is 0 Å². The molecule has 3 rings (SSSR count). The van der Waals surface area contributed by atoms with E-state index in [1.54, 1.807) is 6.33 Å². The molecule has 0 radical (unpaired) electrons. The zero-order chi connectivity index (χ0) is 20.3. The summed E-state index contributed by atoms with van der Waals surface area (Å²) in [5.74, 6) is 2.43. The minimum absolute atomic E-state index is 0.511. The van der Waals surface area contributed by atoms with E-state index in [1.165, 1.54) is 0 Å². The average Bonchev–Trinajstić information content (AvgIpc) is 2.62. The first-order chi connectivity index (χ1) is 13.3. The fraction of sp³-hybridized carbons (Fsp3) is 0.409. The van der Waals surface area contributed by atoms with E-state index in [4.69, 9.17) is 5.73 Å². The van der Waals surface area contributed by atoms with Gasteiger partial charge in [-0.1, -0.05) is 33.8 Å². The number of rotatable bonds is 7. The minimum Gasteiger partial charge on any atom is -0.393 e. The van der Waals surface area contributed by atoms with Crippen molar-refractivity contribution in [1.82, 2.24) is 15.0 Å². The molecule has 0 saturated carbocycles. The molecule has 0 saturated heterocycles. The van der Waals surface area contributed by atoms with Gasteiger partial charge in [0.05, 0.1) is 5.52 Å². The molecule has 0 bridgehead atoms. The van der Waals surface area contributed by atoms with E-state index in [0.717, 1.165) is 41.2 Å². The summed E-state index contributed by atoms with van der Waals surface area (Å²) < 4.78 is 0. The molecule has 0 aliphatic carbocycles. The number of benzene rings is 1. The van der Waals surface area contributed by atoms with Crippen molar-refractivity contribution in [3.63, 3.8) is 0 Å². The molecule has 0 amide bonds. The highest BCUT2D eigenvalue weighted by atomic mass is 15.2. The zero-order valence-corrected chi connectivity index (χ0v) is 17.4. The number of anilines is 4. The van der Waals surface area contributed by atoms with Crippen LogP contribution in [0.15, 0.2) is 36.7 Å². The quantitative estimate of drug-likeness (QED) is 0.616. The topological polar surface area (TPSA) is 80.0 Å². The summed E-state index contributed by atoms with van der Waals surface area (Å²) in [5.41, 5.74) is 9.94. The molecule has 28 heavy (non-hydrogen) atoms. The number of nitrogens with zero attached hydrogens (tertiary/aromatic N) is 4. The summed E-state index contributed by atoms with van der Waals surface area (Å²) in [4.78, 5) is 15.8. The summed E-state index contributed by atoms with van der Waals surface area (Å²) in [6, 6.07) is 10.1. The molecule has 3 N–H and O–H groups in total. The van der Waals surface area contributed by atoms with Crippen molar-refractivity contribution in [2.24, 2.45) is 11.8 Å². The van der Waals surface area contributed by atoms with E-state index < -0.39 is 0 Å². The van der Waals surface area contributed by atoms with Crippen LogP contribution in [0.2, 0.25) is 0 Å². The maximum atomic E-state index is 6.51. The monoisotopic (exact) mass is 378 g/mol. The van der Waals surface area contributed by atoms with Crippen LogP contribution in [0.5, 0.6) is 0 Å². The second-order valence-electron chi connectivity index (χ2n) is 8.10. The first kappa shape index (κ1) is 19.9. The largest absolute Gasteiger partial charge is 0.393 e. The molecule has 0 unspecified atom stereocenters. The van der Waals surface area contributed by atoms with Crippen LogP contribution in [0.4, 0.5) is 23.0 Å². The smallest absolute Gasteiger partial charge is 0.159 e. The Bertz CT molecular complexity index is 941. The molecular weight excluding hydrogens is 348 g/mol. The molecule has 0 aliphatic heterocycles. The van der Waals surface area contributed by atoms with Crippen LogP contribution in [0, 0.1) is 18.8 Å². The number of hydrogen-bond donors (Lipinski definition) is 2. The molecular formula is C22H30N6. The number of aromatic nitrogens is 3. The minimum atomic E-state index is 0.511. The Morgan fingerprint density at radius 2 is 1.71 bits per heavy atom. The van der Waals surface area contributed by atoms with Crippen LogP contribution in [0.25, 0.3) is 10.9 Å². The lowest BCUT2D eigenvalue weighted by atomic mass is 10.1. The first-order valence-corrected chi connectivity index (χ1v) is 9.84. The molecule has 6 nitrogen and oxygen atoms in total. The number of nitrogens with one attached hydrogen (secondary N) is 1. The molecule has 2 heterocycles. The summed E-state index contributed by atoms with van der Waals surface area (Å²) in [5, 5.41) is 4.43. The Hall–Kier alpha value is -2.89. The Labute approximate surface area is 167 Å². The zero-order valence-electron chi connectivity index (χ0n) is 17.4. The van der Waals surface area contributed by atoms with Gasteiger partial charge in [0.25, 0.3) is 0 Å². The number of nitrogens with two attached hydrogens (primary N) is 1. The normalized spacial score (nSPS) is 11.4. The van der Waals surface area contributed by atoms with Gasteiger partial charge in [-0.15, -0.1) is 0 Å². The highest BCUT2D eigenvalue weighted by molar-refractivity contribution is 5.94. The molecule has 6 heteroatoms. The number of aryl methyl sites for hydroxylation is 1. The van der Waals surface area contributed by atoms with Crippen LogP contribution in [0.1, 0.15) is 33.4 Å². The van der Waals surface area contributed by atoms with Gasteiger partial charge in [0.1, 0.15) is 12.0 Å². The SMILES string of the molecule is Cc1ccc2c(Nc3ncnc(N(CC(C)C)CC(C)C)c3N)cccc2n1. The van der Waals surface area contributed by atoms with Gasteiger partial charge in [-0.2, -0.15) is 0 Å². The molecule has 1 aromatic carbocycles. The molecule has 2 aromatic heterocycles. The van der Waals surface area contributed by atoms with E-state index in [2.05, 4.69) is 58.9 Å². The molecule has 148 valence electrons. The van der Waals surface area contributed by atoms with Crippen molar-refractivity contribution < 1.29 is 0 Å². The molecule has 0 aliphatic rings. The van der Waals surface area contributed by atoms with Gasteiger partial charge in [0.2, 0.25) is 0 Å². The second kappa shape index (κ2) is 8.42. The third kappa shape index (κ3) is 4.50. The maximum absolute atomic E-state index is 6.51. The molecule has 0 fully saturated rings. The van der Waals surface area contributed by atoms with E-state index >= 15 is 0 Å². The van der Waals surface area contributed by atoms with Gasteiger partial charge in [0.15, 0.2) is 11.6 Å². The van der Waals surface area contributed by atoms with Crippen LogP contribution in [-0.4, -0.2) is 28.0 Å². The molecule has 0 atom stereocenters. The van der Waals surface area contributed by atoms with Gasteiger partial charge in [-0.25, -0.2) is 9.97 Å². The average molecular weight is 379 g/mol. The van der Waals surface area contributed by atoms with E-state index in [0.29, 0.717) is 23.3 Å². The lowest BCUT2D eigenvalue weighted by Crippen LogP contribution is -2.32. The van der Waals surface area contributed by atoms with Crippen molar-refractivity contribution in [2.75, 3.05) is 29.0 Å². The van der Waals surface area contributed by atoms with E-state index in [1.807, 2.05) is 31.2 Å².